The van der Waals surface area contributed by atoms with E-state index in [-0.39, 0.29) is 0 Å². The molecule has 0 bridgehead atoms. The third-order valence-corrected chi connectivity index (χ3v) is 4.55. The van der Waals surface area contributed by atoms with Gasteiger partial charge in [0.1, 0.15) is 11.6 Å². The molecule has 3 aromatic rings. The molecule has 0 amide bonds. The van der Waals surface area contributed by atoms with Gasteiger partial charge in [-0.25, -0.2) is 9.97 Å². The molecular weight excluding hydrogens is 326 g/mol. The van der Waals surface area contributed by atoms with Gasteiger partial charge in [0.25, 0.3) is 0 Å². The van der Waals surface area contributed by atoms with Crippen LogP contribution in [-0.4, -0.2) is 39.9 Å². The summed E-state index contributed by atoms with van der Waals surface area (Å²) < 4.78 is 5.86. The number of aryl methyl sites for hydroxylation is 1. The van der Waals surface area contributed by atoms with Crippen LogP contribution in [0.25, 0.3) is 11.3 Å². The lowest BCUT2D eigenvalue weighted by atomic mass is 10.1. The van der Waals surface area contributed by atoms with Crippen LogP contribution in [0.5, 0.6) is 5.88 Å². The summed E-state index contributed by atoms with van der Waals surface area (Å²) in [6.45, 7) is 4.48. The van der Waals surface area contributed by atoms with Crippen molar-refractivity contribution in [1.29, 1.82) is 0 Å². The molecular formula is C20H21N5O. The highest BCUT2D eigenvalue weighted by Crippen LogP contribution is 2.23. The Bertz CT molecular complexity index is 854. The number of rotatable bonds is 5. The maximum atomic E-state index is 5.86. The summed E-state index contributed by atoms with van der Waals surface area (Å²) in [6, 6.07) is 15.8. The summed E-state index contributed by atoms with van der Waals surface area (Å²) in [6.07, 6.45) is 2.89. The van der Waals surface area contributed by atoms with Gasteiger partial charge in [0.2, 0.25) is 5.88 Å². The summed E-state index contributed by atoms with van der Waals surface area (Å²) in [5.74, 6) is 2.82. The highest BCUT2D eigenvalue weighted by molar-refractivity contribution is 5.58. The Kier molecular flexibility index (Phi) is 4.73. The van der Waals surface area contributed by atoms with E-state index in [1.807, 2.05) is 61.7 Å². The van der Waals surface area contributed by atoms with Gasteiger partial charge in [-0.05, 0) is 25.5 Å². The van der Waals surface area contributed by atoms with E-state index in [0.717, 1.165) is 42.4 Å². The van der Waals surface area contributed by atoms with Crippen LogP contribution in [0.2, 0.25) is 0 Å². The van der Waals surface area contributed by atoms with E-state index in [4.69, 9.17) is 4.74 Å². The summed E-state index contributed by atoms with van der Waals surface area (Å²) in [5, 5.41) is 8.46. The number of anilines is 1. The highest BCUT2D eigenvalue weighted by atomic mass is 16.5. The molecule has 0 N–H and O–H groups in total. The van der Waals surface area contributed by atoms with E-state index in [0.29, 0.717) is 18.4 Å². The van der Waals surface area contributed by atoms with Crippen LogP contribution in [-0.2, 0) is 0 Å². The van der Waals surface area contributed by atoms with Gasteiger partial charge in [0.05, 0.1) is 12.3 Å². The van der Waals surface area contributed by atoms with Gasteiger partial charge in [-0.1, -0.05) is 30.3 Å². The van der Waals surface area contributed by atoms with Crippen molar-refractivity contribution in [3.8, 4) is 17.1 Å². The minimum absolute atomic E-state index is 0.459. The van der Waals surface area contributed by atoms with Crippen LogP contribution >= 0.6 is 0 Å². The number of nitrogens with zero attached hydrogens (tertiary/aromatic N) is 5. The summed E-state index contributed by atoms with van der Waals surface area (Å²) in [4.78, 5) is 10.9. The lowest BCUT2D eigenvalue weighted by molar-refractivity contribution is 0.249. The first-order valence-corrected chi connectivity index (χ1v) is 8.84. The second-order valence-corrected chi connectivity index (χ2v) is 6.50. The van der Waals surface area contributed by atoms with Gasteiger partial charge < -0.3 is 9.64 Å². The summed E-state index contributed by atoms with van der Waals surface area (Å²) >= 11 is 0. The van der Waals surface area contributed by atoms with Gasteiger partial charge in [-0.2, -0.15) is 0 Å². The van der Waals surface area contributed by atoms with Crippen LogP contribution in [0.1, 0.15) is 12.2 Å². The van der Waals surface area contributed by atoms with Gasteiger partial charge in [-0.3, -0.25) is 0 Å². The van der Waals surface area contributed by atoms with Crippen molar-refractivity contribution in [2.75, 3.05) is 24.6 Å². The fourth-order valence-corrected chi connectivity index (χ4v) is 3.16. The number of benzene rings is 1. The van der Waals surface area contributed by atoms with Crippen molar-refractivity contribution in [3.05, 3.63) is 60.6 Å². The zero-order valence-corrected chi connectivity index (χ0v) is 14.7. The van der Waals surface area contributed by atoms with E-state index in [1.165, 1.54) is 0 Å². The largest absolute Gasteiger partial charge is 0.476 e. The number of ether oxygens (including phenoxy) is 1. The van der Waals surface area contributed by atoms with E-state index >= 15 is 0 Å². The van der Waals surface area contributed by atoms with Crippen LogP contribution < -0.4 is 9.64 Å². The van der Waals surface area contributed by atoms with Crippen molar-refractivity contribution >= 4 is 5.82 Å². The minimum atomic E-state index is 0.459. The normalized spacial score (nSPS) is 16.7. The van der Waals surface area contributed by atoms with Crippen molar-refractivity contribution < 1.29 is 4.74 Å². The molecule has 2 aromatic heterocycles. The van der Waals surface area contributed by atoms with Gasteiger partial charge in [0.15, 0.2) is 0 Å². The smallest absolute Gasteiger partial charge is 0.233 e. The number of aromatic nitrogens is 4. The maximum absolute atomic E-state index is 5.86. The second-order valence-electron chi connectivity index (χ2n) is 6.50. The lowest BCUT2D eigenvalue weighted by Crippen LogP contribution is -2.23. The van der Waals surface area contributed by atoms with Crippen LogP contribution in [0.15, 0.2) is 54.7 Å². The third-order valence-electron chi connectivity index (χ3n) is 4.55. The SMILES string of the molecule is Cc1nccc(N2CCC(COc3ccc(-c4ccccc4)nn3)C2)n1. The fraction of sp³-hybridized carbons (Fsp3) is 0.300. The lowest BCUT2D eigenvalue weighted by Gasteiger charge is -2.17. The summed E-state index contributed by atoms with van der Waals surface area (Å²) in [5.41, 5.74) is 1.90. The molecule has 4 rings (SSSR count). The Labute approximate surface area is 152 Å². The molecule has 1 unspecified atom stereocenters. The van der Waals surface area contributed by atoms with Crippen molar-refractivity contribution in [2.45, 2.75) is 13.3 Å². The Morgan fingerprint density at radius 1 is 1.08 bits per heavy atom. The average molecular weight is 347 g/mol. The van der Waals surface area contributed by atoms with Crippen LogP contribution in [0, 0.1) is 12.8 Å². The molecule has 132 valence electrons. The molecule has 6 heteroatoms. The predicted molar refractivity (Wildman–Crippen MR) is 100 cm³/mol. The molecule has 3 heterocycles. The van der Waals surface area contributed by atoms with E-state index < -0.39 is 0 Å². The standard InChI is InChI=1S/C20H21N5O/c1-15-21-11-9-19(22-15)25-12-10-16(13-25)14-26-20-8-7-18(23-24-20)17-5-3-2-4-6-17/h2-9,11,16H,10,12-14H2,1H3. The second kappa shape index (κ2) is 7.47. The van der Waals surface area contributed by atoms with Gasteiger partial charge in [0, 0.05) is 36.8 Å². The Morgan fingerprint density at radius 2 is 1.96 bits per heavy atom. The Hall–Kier alpha value is -3.02. The van der Waals surface area contributed by atoms with Gasteiger partial charge >= 0.3 is 0 Å². The molecule has 0 aliphatic carbocycles. The number of hydrogen-bond donors (Lipinski definition) is 0. The Balaban J connectivity index is 1.32. The van der Waals surface area contributed by atoms with Crippen molar-refractivity contribution in [2.24, 2.45) is 5.92 Å². The first-order valence-electron chi connectivity index (χ1n) is 8.84. The molecule has 1 atom stereocenters. The molecule has 0 spiro atoms. The molecule has 1 saturated heterocycles. The molecule has 26 heavy (non-hydrogen) atoms. The molecule has 1 fully saturated rings. The average Bonchev–Trinajstić information content (AvgIpc) is 3.17. The van der Waals surface area contributed by atoms with E-state index in [2.05, 4.69) is 25.1 Å². The fourth-order valence-electron chi connectivity index (χ4n) is 3.16. The minimum Gasteiger partial charge on any atom is -0.476 e. The molecule has 1 aliphatic rings. The molecule has 0 saturated carbocycles. The monoisotopic (exact) mass is 347 g/mol. The summed E-state index contributed by atoms with van der Waals surface area (Å²) in [7, 11) is 0. The quantitative estimate of drug-likeness (QED) is 0.706. The van der Waals surface area contributed by atoms with E-state index in [9.17, 15) is 0 Å². The molecule has 6 nitrogen and oxygen atoms in total. The van der Waals surface area contributed by atoms with Crippen molar-refractivity contribution in [1.82, 2.24) is 20.2 Å². The van der Waals surface area contributed by atoms with Crippen LogP contribution in [0.4, 0.5) is 5.82 Å². The highest BCUT2D eigenvalue weighted by Gasteiger charge is 2.24. The first-order chi connectivity index (χ1) is 12.8. The zero-order chi connectivity index (χ0) is 17.8. The zero-order valence-electron chi connectivity index (χ0n) is 14.7. The predicted octanol–water partition coefficient (Wildman–Crippen LogP) is 3.15. The topological polar surface area (TPSA) is 64.0 Å². The molecule has 1 aromatic carbocycles. The van der Waals surface area contributed by atoms with Gasteiger partial charge in [-0.15, -0.1) is 10.2 Å². The molecule has 0 radical (unpaired) electrons. The van der Waals surface area contributed by atoms with E-state index in [1.54, 1.807) is 0 Å². The van der Waals surface area contributed by atoms with Crippen LogP contribution in [0.3, 0.4) is 0 Å². The maximum Gasteiger partial charge on any atom is 0.233 e. The Morgan fingerprint density at radius 3 is 2.73 bits per heavy atom. The molecule has 1 aliphatic heterocycles. The number of hydrogen-bond acceptors (Lipinski definition) is 6. The first kappa shape index (κ1) is 16.4. The third kappa shape index (κ3) is 3.79. The van der Waals surface area contributed by atoms with Crippen molar-refractivity contribution in [3.63, 3.8) is 0 Å².